The van der Waals surface area contributed by atoms with E-state index < -0.39 is 0 Å². The van der Waals surface area contributed by atoms with E-state index in [2.05, 4.69) is 79.5 Å². The predicted octanol–water partition coefficient (Wildman–Crippen LogP) is 11.7. The van der Waals surface area contributed by atoms with Crippen LogP contribution in [0.2, 0.25) is 0 Å². The summed E-state index contributed by atoms with van der Waals surface area (Å²) >= 11 is 3.42. The van der Waals surface area contributed by atoms with Crippen molar-refractivity contribution >= 4 is 120 Å². The van der Waals surface area contributed by atoms with Gasteiger partial charge in [-0.1, -0.05) is 74.5 Å². The minimum Gasteiger partial charge on any atom is -0.440 e. The van der Waals surface area contributed by atoms with Crippen LogP contribution < -0.4 is 30.9 Å². The molecule has 4 saturated heterocycles. The van der Waals surface area contributed by atoms with Crippen LogP contribution in [0.15, 0.2) is 140 Å². The number of benzene rings is 6. The summed E-state index contributed by atoms with van der Waals surface area (Å²) in [5.74, 6) is 1.20. The lowest BCUT2D eigenvalue weighted by Gasteiger charge is -2.33. The predicted molar refractivity (Wildman–Crippen MR) is 345 cm³/mol. The molecule has 8 heterocycles. The molecule has 18 heteroatoms. The first-order valence-corrected chi connectivity index (χ1v) is 31.1. The van der Waals surface area contributed by atoms with Gasteiger partial charge in [-0.2, -0.15) is 0 Å². The van der Waals surface area contributed by atoms with Gasteiger partial charge in [0.05, 0.1) is 75.7 Å². The first-order chi connectivity index (χ1) is 41.6. The van der Waals surface area contributed by atoms with Crippen molar-refractivity contribution in [2.45, 2.75) is 39.8 Å². The maximum absolute atomic E-state index is 13.4. The Kier molecular flexibility index (Phi) is 17.4. The molecule has 14 rings (SSSR count). The van der Waals surface area contributed by atoms with Crippen LogP contribution in [-0.2, 0) is 28.5 Å². The molecule has 4 aliphatic heterocycles. The first-order valence-electron chi connectivity index (χ1n) is 29.5. The average Bonchev–Trinajstić information content (AvgIpc) is 2.31. The van der Waals surface area contributed by atoms with E-state index in [1.165, 1.54) is 0 Å². The summed E-state index contributed by atoms with van der Waals surface area (Å²) in [4.78, 5) is 63.0. The molecule has 4 aliphatic rings. The lowest BCUT2D eigenvalue weighted by molar-refractivity contribution is -0.124. The van der Waals surface area contributed by atoms with Gasteiger partial charge in [0.1, 0.15) is 11.2 Å². The van der Waals surface area contributed by atoms with Crippen LogP contribution in [-0.4, -0.2) is 146 Å². The zero-order valence-corrected chi connectivity index (χ0v) is 50.3. The Bertz CT molecular complexity index is 4210. The number of likely N-dealkylation sites (N-methyl/N-ethyl adjacent to an activating group) is 1. The summed E-state index contributed by atoms with van der Waals surface area (Å²) in [6, 6.07) is 39.1. The van der Waals surface area contributed by atoms with Gasteiger partial charge in [0.25, 0.3) is 0 Å². The number of rotatable bonds is 10. The fourth-order valence-corrected chi connectivity index (χ4v) is 14.3. The molecule has 0 saturated carbocycles. The molecule has 0 spiro atoms. The van der Waals surface area contributed by atoms with E-state index in [0.717, 1.165) is 100 Å². The van der Waals surface area contributed by atoms with Crippen molar-refractivity contribution in [3.8, 4) is 22.3 Å². The van der Waals surface area contributed by atoms with E-state index in [9.17, 15) is 19.2 Å². The molecule has 0 aliphatic carbocycles. The average molecular weight is 1180 g/mol. The summed E-state index contributed by atoms with van der Waals surface area (Å²) in [6.07, 6.45) is 0. The van der Waals surface area contributed by atoms with E-state index in [1.807, 2.05) is 89.3 Å². The lowest BCUT2D eigenvalue weighted by Crippen LogP contribution is -2.50. The van der Waals surface area contributed by atoms with Crippen LogP contribution in [0.1, 0.15) is 27.7 Å². The quantitative estimate of drug-likeness (QED) is 0.138. The monoisotopic (exact) mass is 1180 g/mol. The second-order valence-electron chi connectivity index (χ2n) is 21.5. The third kappa shape index (κ3) is 11.7. The standard InChI is InChI=1S/C33H33N3O5S.C32H31N3O5S.C2H6/c1-21(35-11-15-39-16-12-35)33(38)34(2)22-9-10-29-27(19-22)25-7-4-6-24(32(25)42-29)23-5-3-8-26-28(37)20-30(41-31(23)26)36-13-17-40-18-14-36;1-20(34-10-14-38-15-11-34)32(37)33-21-8-9-28-26(18-21)24-6-3-5-23(31(24)41-28)22-4-2-7-25-27(36)19-29(40-30(22)25)35-12-16-39-17-13-35;1-2/h3-10,19-21H,11-18H2,1-2H3;2-9,18-20H,10-17H2,1H3,(H,33,37);1-2H3/t21-;20-;/m11./s1. The Morgan fingerprint density at radius 2 is 0.894 bits per heavy atom. The summed E-state index contributed by atoms with van der Waals surface area (Å²) in [5.41, 5.74) is 6.55. The molecular weight excluding hydrogens is 1110 g/mol. The molecule has 6 aromatic carbocycles. The minimum absolute atomic E-state index is 0.0201. The van der Waals surface area contributed by atoms with Gasteiger partial charge in [0, 0.05) is 146 Å². The largest absolute Gasteiger partial charge is 0.440 e. The maximum atomic E-state index is 13.4. The zero-order valence-electron chi connectivity index (χ0n) is 48.7. The fraction of sp³-hybridized carbons (Fsp3) is 0.343. The van der Waals surface area contributed by atoms with Crippen LogP contribution >= 0.6 is 22.7 Å². The van der Waals surface area contributed by atoms with E-state index in [1.54, 1.807) is 39.7 Å². The number of morpholine rings is 4. The highest BCUT2D eigenvalue weighted by molar-refractivity contribution is 7.26. The number of carbonyl (C=O) groups excluding carboxylic acids is 2. The van der Waals surface area contributed by atoms with E-state index in [-0.39, 0.29) is 34.8 Å². The number of fused-ring (bicyclic) bond motifs is 8. The van der Waals surface area contributed by atoms with Crippen LogP contribution in [0.3, 0.4) is 0 Å². The van der Waals surface area contributed by atoms with Gasteiger partial charge in [-0.25, -0.2) is 0 Å². The summed E-state index contributed by atoms with van der Waals surface area (Å²) < 4.78 is 39.3. The third-order valence-electron chi connectivity index (χ3n) is 16.6. The molecule has 85 heavy (non-hydrogen) atoms. The van der Waals surface area contributed by atoms with Crippen LogP contribution in [0, 0.1) is 0 Å². The van der Waals surface area contributed by atoms with Crippen LogP contribution in [0.4, 0.5) is 23.1 Å². The highest BCUT2D eigenvalue weighted by Gasteiger charge is 2.28. The molecule has 2 atom stereocenters. The number of thiophene rings is 2. The van der Waals surface area contributed by atoms with Gasteiger partial charge in [0.15, 0.2) is 22.6 Å². The van der Waals surface area contributed by atoms with Gasteiger partial charge in [-0.05, 0) is 62.4 Å². The number of nitrogens with zero attached hydrogens (tertiary/aromatic N) is 5. The zero-order chi connectivity index (χ0) is 58.7. The van der Waals surface area contributed by atoms with Gasteiger partial charge >= 0.3 is 0 Å². The van der Waals surface area contributed by atoms with Crippen molar-refractivity contribution in [3.63, 3.8) is 0 Å². The Balaban J connectivity index is 0.000000162. The Hall–Kier alpha value is -7.52. The molecule has 0 radical (unpaired) electrons. The smallest absolute Gasteiger partial charge is 0.243 e. The highest BCUT2D eigenvalue weighted by Crippen LogP contribution is 2.45. The van der Waals surface area contributed by atoms with Crippen LogP contribution in [0.25, 0.3) is 84.5 Å². The van der Waals surface area contributed by atoms with Gasteiger partial charge in [-0.3, -0.25) is 29.0 Å². The molecule has 2 amide bonds. The molecular formula is C67H70N6O10S2. The van der Waals surface area contributed by atoms with E-state index in [0.29, 0.717) is 113 Å². The number of anilines is 4. The van der Waals surface area contributed by atoms with Crippen molar-refractivity contribution in [3.05, 3.63) is 142 Å². The number of ether oxygens (including phenoxy) is 4. The molecule has 4 fully saturated rings. The molecule has 440 valence electrons. The third-order valence-corrected chi connectivity index (χ3v) is 19.0. The number of nitrogens with one attached hydrogen (secondary N) is 1. The molecule has 10 aromatic rings. The Labute approximate surface area is 500 Å². The highest BCUT2D eigenvalue weighted by atomic mass is 32.1. The number of hydrogen-bond donors (Lipinski definition) is 1. The van der Waals surface area contributed by atoms with Gasteiger partial charge in [-0.15, -0.1) is 22.7 Å². The molecule has 16 nitrogen and oxygen atoms in total. The number of amides is 2. The molecule has 1 N–H and O–H groups in total. The van der Waals surface area contributed by atoms with Crippen molar-refractivity contribution in [1.82, 2.24) is 9.80 Å². The number of carbonyl (C=O) groups is 2. The normalized spacial score (nSPS) is 17.0. The lowest BCUT2D eigenvalue weighted by atomic mass is 10.0. The van der Waals surface area contributed by atoms with Gasteiger partial charge in [0.2, 0.25) is 11.8 Å². The molecule has 0 bridgehead atoms. The fourth-order valence-electron chi connectivity index (χ4n) is 11.8. The molecule has 0 unspecified atom stereocenters. The Morgan fingerprint density at radius 3 is 1.38 bits per heavy atom. The first kappa shape index (κ1) is 57.9. The van der Waals surface area contributed by atoms with E-state index >= 15 is 0 Å². The topological polar surface area (TPSA) is 160 Å². The second kappa shape index (κ2) is 25.6. The van der Waals surface area contributed by atoms with Gasteiger partial charge < -0.3 is 47.8 Å². The second-order valence-corrected chi connectivity index (χ2v) is 23.6. The molecule has 4 aromatic heterocycles. The van der Waals surface area contributed by atoms with Crippen molar-refractivity contribution in [2.24, 2.45) is 0 Å². The van der Waals surface area contributed by atoms with Crippen molar-refractivity contribution < 1.29 is 37.4 Å². The minimum atomic E-state index is -0.233. The van der Waals surface area contributed by atoms with Crippen molar-refractivity contribution in [1.29, 1.82) is 0 Å². The Morgan fingerprint density at radius 1 is 0.482 bits per heavy atom. The number of hydrogen-bond acceptors (Lipinski definition) is 16. The maximum Gasteiger partial charge on any atom is 0.243 e. The summed E-state index contributed by atoms with van der Waals surface area (Å²) in [5, 5.41) is 8.65. The van der Waals surface area contributed by atoms with Crippen LogP contribution in [0.5, 0.6) is 0 Å². The summed E-state index contributed by atoms with van der Waals surface area (Å²) in [6.45, 7) is 18.8. The SMILES string of the molecule is CC.C[C@H](C(=O)N(C)c1ccc2sc3c(-c4cccc5c(=O)cc(N6CCOCC6)oc45)cccc3c2c1)N1CCOCC1.C[C@H](C(=O)Nc1ccc2sc3c(-c4cccc5c(=O)cc(N6CCOCC6)oc45)cccc3c2c1)N1CCOCC1. The van der Waals surface area contributed by atoms with Crippen molar-refractivity contribution in [2.75, 3.05) is 132 Å². The van der Waals surface area contributed by atoms with E-state index in [4.69, 9.17) is 27.8 Å². The number of para-hydroxylation sites is 2. The summed E-state index contributed by atoms with van der Waals surface area (Å²) in [7, 11) is 1.85.